The van der Waals surface area contributed by atoms with Crippen LogP contribution in [0.3, 0.4) is 0 Å². The Bertz CT molecular complexity index is 3390. The number of aliphatic hydroxyl groups excluding tert-OH is 2. The zero-order valence-electron chi connectivity index (χ0n) is 34.6. The van der Waals surface area contributed by atoms with Crippen LogP contribution in [0.4, 0.5) is 39.8 Å². The molecule has 6 rings (SSSR count). The van der Waals surface area contributed by atoms with Crippen molar-refractivity contribution in [1.29, 1.82) is 0 Å². The highest BCUT2D eigenvalue weighted by Crippen LogP contribution is 2.47. The molecule has 30 nitrogen and oxygen atoms in total. The van der Waals surface area contributed by atoms with Crippen LogP contribution in [-0.2, 0) is 29.6 Å². The van der Waals surface area contributed by atoms with Crippen molar-refractivity contribution < 1.29 is 90.1 Å². The molecule has 0 bridgehead atoms. The largest absolute Gasteiger partial charge is 0.505 e. The fourth-order valence-corrected chi connectivity index (χ4v) is 7.56. The van der Waals surface area contributed by atoms with Gasteiger partial charge in [0.05, 0.1) is 51.2 Å². The van der Waals surface area contributed by atoms with Crippen molar-refractivity contribution in [3.05, 3.63) is 94.2 Å². The van der Waals surface area contributed by atoms with E-state index < -0.39 is 106 Å². The number of non-ortho nitro benzene ring substituents is 1. The van der Waals surface area contributed by atoms with E-state index in [4.69, 9.17) is 20.5 Å². The standard InChI is InChI=1S/C37H30N10O20S3/c38-35(51)32-33(44-39-23-6-3-20(69(58,59)60)14-22(23)37(53)54)36(52)46(45-32)18-1-4-21-17(11-18)12-29(68-67-66-57)31(34(21)50)43-42-26-16-27(64-9-7-48)25(15-28(26)65-10-8-49)41-40-24-5-2-19(47(55)56)13-30(24)70(61,62)63/h1-6,11-16,48-50,52,57H,7-10H2,(H2,38,51)(H,53,54)(H,58,59,60)(H,61,62,63)/b41-40+,43-42+,44-39+. The summed E-state index contributed by atoms with van der Waals surface area (Å²) < 4.78 is 82.9. The number of aromatic hydroxyl groups is 2. The first-order chi connectivity index (χ1) is 33.2. The van der Waals surface area contributed by atoms with E-state index in [2.05, 4.69) is 45.2 Å². The first-order valence-electron chi connectivity index (χ1n) is 18.7. The second-order valence-electron chi connectivity index (χ2n) is 13.4. The topological polar surface area (TPSA) is 462 Å². The Kier molecular flexibility index (Phi) is 15.7. The third-order valence-corrected chi connectivity index (χ3v) is 11.3. The Morgan fingerprint density at radius 3 is 1.94 bits per heavy atom. The second kappa shape index (κ2) is 21.5. The van der Waals surface area contributed by atoms with Crippen molar-refractivity contribution in [2.45, 2.75) is 14.7 Å². The average molecular weight is 1030 g/mol. The van der Waals surface area contributed by atoms with Crippen molar-refractivity contribution in [1.82, 2.24) is 9.78 Å². The molecule has 0 aliphatic heterocycles. The predicted molar refractivity (Wildman–Crippen MR) is 234 cm³/mol. The Hall–Kier alpha value is -8.12. The number of rotatable bonds is 21. The minimum Gasteiger partial charge on any atom is -0.505 e. The number of azo groups is 3. The van der Waals surface area contributed by atoms with E-state index in [0.717, 1.165) is 41.1 Å². The average Bonchev–Trinajstić information content (AvgIpc) is 3.65. The number of aromatic nitrogens is 2. The van der Waals surface area contributed by atoms with Crippen molar-refractivity contribution in [2.24, 2.45) is 36.4 Å². The Morgan fingerprint density at radius 1 is 0.771 bits per heavy atom. The van der Waals surface area contributed by atoms with E-state index >= 15 is 0 Å². The monoisotopic (exact) mass is 1030 g/mol. The van der Waals surface area contributed by atoms with Crippen LogP contribution < -0.4 is 15.2 Å². The molecule has 6 aromatic rings. The highest BCUT2D eigenvalue weighted by Gasteiger charge is 2.26. The van der Waals surface area contributed by atoms with Gasteiger partial charge in [0.1, 0.15) is 58.0 Å². The Balaban J connectivity index is 1.42. The van der Waals surface area contributed by atoms with E-state index in [1.165, 1.54) is 24.3 Å². The summed E-state index contributed by atoms with van der Waals surface area (Å²) in [7, 11) is -9.89. The number of benzene rings is 5. The SMILES string of the molecule is NC(=O)c1nn(-c2ccc3c(O)c(/N=N/c4cc(OCCO)c(/N=N/c5ccc([N+](=O)[O-])cc5S(=O)(=O)O)cc4OCCO)c(SOOO)cc3c2)c(O)c1/N=N/c1ccc(S(=O)(=O)O)cc1C(=O)O. The van der Waals surface area contributed by atoms with E-state index in [-0.39, 0.29) is 63.1 Å². The molecule has 0 aliphatic carbocycles. The smallest absolute Gasteiger partial charge is 0.338 e. The van der Waals surface area contributed by atoms with Crippen molar-refractivity contribution >= 4 is 94.7 Å². The summed E-state index contributed by atoms with van der Waals surface area (Å²) in [5.74, 6) is -4.77. The zero-order chi connectivity index (χ0) is 51.1. The predicted octanol–water partition coefficient (Wildman–Crippen LogP) is 6.05. The molecular formula is C37H30N10O20S3. The van der Waals surface area contributed by atoms with Crippen LogP contribution in [0, 0.1) is 10.1 Å². The molecule has 0 radical (unpaired) electrons. The lowest BCUT2D eigenvalue weighted by Gasteiger charge is -2.13. The number of phenolic OH excluding ortho intramolecular Hbond substituents is 1. The number of hydrogen-bond donors (Lipinski definition) is 9. The molecular weight excluding hydrogens is 1000 g/mol. The number of primary amides is 1. The lowest BCUT2D eigenvalue weighted by atomic mass is 10.1. The molecule has 366 valence electrons. The van der Waals surface area contributed by atoms with Gasteiger partial charge in [0.25, 0.3) is 31.8 Å². The van der Waals surface area contributed by atoms with Crippen LogP contribution in [0.2, 0.25) is 0 Å². The molecule has 1 amide bonds. The number of fused-ring (bicyclic) bond motifs is 1. The Morgan fingerprint density at radius 2 is 1.37 bits per heavy atom. The summed E-state index contributed by atoms with van der Waals surface area (Å²) in [6, 6.07) is 12.2. The molecule has 0 saturated heterocycles. The number of ether oxygens (including phenoxy) is 2. The fourth-order valence-electron chi connectivity index (χ4n) is 5.91. The number of aromatic carboxylic acids is 1. The molecule has 0 spiro atoms. The molecule has 33 heteroatoms. The number of aliphatic hydroxyl groups is 2. The van der Waals surface area contributed by atoms with E-state index in [1.54, 1.807) is 0 Å². The van der Waals surface area contributed by atoms with Crippen molar-refractivity contribution in [3.8, 4) is 28.8 Å². The number of hydrogen-bond acceptors (Lipinski definition) is 25. The number of nitro benzene ring substituents is 1. The van der Waals surface area contributed by atoms with Crippen LogP contribution in [0.15, 0.2) is 118 Å². The van der Waals surface area contributed by atoms with Gasteiger partial charge >= 0.3 is 5.97 Å². The molecule has 10 N–H and O–H groups in total. The number of carbonyl (C=O) groups is 2. The molecule has 0 fully saturated rings. The van der Waals surface area contributed by atoms with Gasteiger partial charge in [0.15, 0.2) is 17.1 Å². The van der Waals surface area contributed by atoms with Crippen LogP contribution in [0.5, 0.6) is 23.1 Å². The number of carboxylic acids is 1. The maximum absolute atomic E-state index is 12.4. The van der Waals surface area contributed by atoms with Crippen LogP contribution in [-0.4, -0.2) is 110 Å². The summed E-state index contributed by atoms with van der Waals surface area (Å²) in [6.07, 6.45) is 0. The third kappa shape index (κ3) is 11.6. The van der Waals surface area contributed by atoms with Crippen LogP contribution in [0.1, 0.15) is 20.8 Å². The maximum atomic E-state index is 12.4. The zero-order valence-corrected chi connectivity index (χ0v) is 37.0. The lowest BCUT2D eigenvalue weighted by molar-refractivity contribution is -0.432. The lowest BCUT2D eigenvalue weighted by Crippen LogP contribution is -2.12. The Labute approximate surface area is 393 Å². The summed E-state index contributed by atoms with van der Waals surface area (Å²) in [6.45, 7) is -1.77. The quantitative estimate of drug-likeness (QED) is 0.00988. The molecule has 1 aromatic heterocycles. The van der Waals surface area contributed by atoms with Gasteiger partial charge in [-0.15, -0.1) is 35.0 Å². The minimum atomic E-state index is -5.07. The molecule has 0 aliphatic rings. The van der Waals surface area contributed by atoms with Crippen LogP contribution in [0.25, 0.3) is 16.5 Å². The van der Waals surface area contributed by atoms with Gasteiger partial charge in [-0.3, -0.25) is 24.0 Å². The summed E-state index contributed by atoms with van der Waals surface area (Å²) in [5.41, 5.74) is 0.924. The molecule has 0 unspecified atom stereocenters. The van der Waals surface area contributed by atoms with Crippen molar-refractivity contribution in [2.75, 3.05) is 26.4 Å². The number of amides is 1. The minimum absolute atomic E-state index is 0.0251. The van der Waals surface area contributed by atoms with E-state index in [1.807, 2.05) is 0 Å². The number of nitrogens with zero attached hydrogens (tertiary/aromatic N) is 9. The van der Waals surface area contributed by atoms with Crippen molar-refractivity contribution in [3.63, 3.8) is 0 Å². The first-order valence-corrected chi connectivity index (χ1v) is 22.4. The van der Waals surface area contributed by atoms with Gasteiger partial charge in [0, 0.05) is 29.7 Å². The molecule has 0 atom stereocenters. The highest BCUT2D eigenvalue weighted by molar-refractivity contribution is 7.94. The van der Waals surface area contributed by atoms with Gasteiger partial charge in [-0.25, -0.2) is 10.1 Å². The number of nitro groups is 1. The normalized spacial score (nSPS) is 12.1. The van der Waals surface area contributed by atoms with Gasteiger partial charge in [-0.1, -0.05) is 5.04 Å². The second-order valence-corrected chi connectivity index (χ2v) is 16.9. The number of nitrogens with two attached hydrogens (primary N) is 1. The fraction of sp³-hybridized carbons (Fsp3) is 0.108. The molecule has 0 saturated carbocycles. The number of phenols is 1. The highest BCUT2D eigenvalue weighted by atomic mass is 32.2. The maximum Gasteiger partial charge on any atom is 0.338 e. The number of carbonyl (C=O) groups excluding carboxylic acids is 1. The first kappa shape index (κ1) is 51.3. The van der Waals surface area contributed by atoms with E-state index in [9.17, 15) is 71.2 Å². The molecule has 5 aromatic carbocycles. The van der Waals surface area contributed by atoms with Gasteiger partial charge in [0.2, 0.25) is 5.88 Å². The summed E-state index contributed by atoms with van der Waals surface area (Å²) in [4.78, 5) is 32.8. The van der Waals surface area contributed by atoms with Gasteiger partial charge < -0.3 is 40.7 Å². The van der Waals surface area contributed by atoms with Crippen LogP contribution >= 0.6 is 12.0 Å². The summed E-state index contributed by atoms with van der Waals surface area (Å²) >= 11 is 0.303. The van der Waals surface area contributed by atoms with Gasteiger partial charge in [-0.05, 0) is 53.9 Å². The number of carboxylic acid groups (broad SMARTS) is 1. The molecule has 1 heterocycles. The van der Waals surface area contributed by atoms with Gasteiger partial charge in [-0.2, -0.15) is 26.6 Å². The third-order valence-electron chi connectivity index (χ3n) is 8.95. The van der Waals surface area contributed by atoms with E-state index in [0.29, 0.717) is 24.2 Å². The summed E-state index contributed by atoms with van der Waals surface area (Å²) in [5, 5.41) is 103. The molecule has 70 heavy (non-hydrogen) atoms.